The Hall–Kier alpha value is -3.70. The Balaban J connectivity index is 1.25. The number of fused-ring (bicyclic) bond motifs is 1. The molecule has 38 heavy (non-hydrogen) atoms. The fourth-order valence-corrected chi connectivity index (χ4v) is 5.61. The van der Waals surface area contributed by atoms with Gasteiger partial charge in [-0.25, -0.2) is 0 Å². The first-order valence-electron chi connectivity index (χ1n) is 13.8. The molecule has 5 nitrogen and oxygen atoms in total. The minimum Gasteiger partial charge on any atom is -0.465 e. The van der Waals surface area contributed by atoms with Crippen LogP contribution in [0.3, 0.4) is 0 Å². The maximum Gasteiger partial charge on any atom is 0.309 e. The number of esters is 1. The highest BCUT2D eigenvalue weighted by Gasteiger charge is 2.26. The van der Waals surface area contributed by atoms with Crippen LogP contribution in [0.15, 0.2) is 72.0 Å². The molecule has 5 heteroatoms. The summed E-state index contributed by atoms with van der Waals surface area (Å²) in [6.07, 6.45) is 17.7. The quantitative estimate of drug-likeness (QED) is 0.578. The van der Waals surface area contributed by atoms with Crippen molar-refractivity contribution in [3.8, 4) is 0 Å². The average molecular weight is 506 g/mol. The summed E-state index contributed by atoms with van der Waals surface area (Å²) in [7, 11) is 0. The smallest absolute Gasteiger partial charge is 0.309 e. The van der Waals surface area contributed by atoms with Crippen molar-refractivity contribution in [3.63, 3.8) is 0 Å². The van der Waals surface area contributed by atoms with Crippen molar-refractivity contribution in [2.75, 3.05) is 19.7 Å². The van der Waals surface area contributed by atoms with Gasteiger partial charge in [-0.15, -0.1) is 0 Å². The van der Waals surface area contributed by atoms with Gasteiger partial charge in [-0.2, -0.15) is 0 Å². The number of benzene rings is 1. The van der Waals surface area contributed by atoms with Crippen molar-refractivity contribution in [2.45, 2.75) is 39.0 Å². The third-order valence-electron chi connectivity index (χ3n) is 7.98. The van der Waals surface area contributed by atoms with E-state index in [0.29, 0.717) is 12.5 Å². The largest absolute Gasteiger partial charge is 0.465 e. The second-order valence-electron chi connectivity index (χ2n) is 10.7. The fraction of sp³-hybridized carbons (Fsp3) is 0.333. The minimum absolute atomic E-state index is 0.0175. The first-order chi connectivity index (χ1) is 18.6. The Morgan fingerprint density at radius 3 is 2.82 bits per heavy atom. The van der Waals surface area contributed by atoms with Gasteiger partial charge in [0.15, 0.2) is 0 Å². The summed E-state index contributed by atoms with van der Waals surface area (Å²) < 4.78 is 5.60. The molecule has 2 aromatic rings. The number of nitrogens with zero attached hydrogens (tertiary/aromatic N) is 1. The highest BCUT2D eigenvalue weighted by Crippen LogP contribution is 2.31. The van der Waals surface area contributed by atoms with E-state index in [1.165, 1.54) is 32.7 Å². The van der Waals surface area contributed by atoms with E-state index in [4.69, 9.17) is 9.72 Å². The fourth-order valence-electron chi connectivity index (χ4n) is 5.61. The van der Waals surface area contributed by atoms with Crippen LogP contribution in [0.2, 0.25) is 0 Å². The number of aryl methyl sites for hydroxylation is 1. The van der Waals surface area contributed by atoms with Crippen molar-refractivity contribution in [1.29, 1.82) is 0 Å². The molecule has 1 aromatic carbocycles. The highest BCUT2D eigenvalue weighted by atomic mass is 16.5. The number of hydrogen-bond acceptors (Lipinski definition) is 5. The summed E-state index contributed by atoms with van der Waals surface area (Å²) in [5.74, 6) is 0.439. The number of carbonyl (C=O) groups is 1. The minimum atomic E-state index is -0.0309. The molecule has 6 rings (SSSR count). The van der Waals surface area contributed by atoms with Gasteiger partial charge in [-0.05, 0) is 102 Å². The van der Waals surface area contributed by atoms with Crippen molar-refractivity contribution in [2.24, 2.45) is 11.8 Å². The molecule has 1 unspecified atom stereocenters. The molecule has 0 spiro atoms. The molecular weight excluding hydrogens is 470 g/mol. The second-order valence-corrected chi connectivity index (χ2v) is 10.7. The van der Waals surface area contributed by atoms with Gasteiger partial charge in [0.2, 0.25) is 0 Å². The van der Waals surface area contributed by atoms with E-state index in [9.17, 15) is 4.79 Å². The highest BCUT2D eigenvalue weighted by molar-refractivity contribution is 5.91. The topological polar surface area (TPSA) is 63.2 Å². The summed E-state index contributed by atoms with van der Waals surface area (Å²) in [5, 5.41) is 9.18. The molecule has 0 amide bonds. The third-order valence-corrected chi connectivity index (χ3v) is 7.98. The molecule has 0 saturated carbocycles. The van der Waals surface area contributed by atoms with Crippen molar-refractivity contribution >= 4 is 29.4 Å². The lowest BCUT2D eigenvalue weighted by molar-refractivity contribution is -0.150. The maximum atomic E-state index is 12.6. The number of dihydropyridines is 1. The van der Waals surface area contributed by atoms with Crippen molar-refractivity contribution in [3.05, 3.63) is 99.4 Å². The zero-order valence-electron chi connectivity index (χ0n) is 22.0. The van der Waals surface area contributed by atoms with Gasteiger partial charge in [0.25, 0.3) is 0 Å². The van der Waals surface area contributed by atoms with Gasteiger partial charge in [0, 0.05) is 24.7 Å². The summed E-state index contributed by atoms with van der Waals surface area (Å²) in [5.41, 5.74) is 8.15. The number of pyridine rings is 1. The van der Waals surface area contributed by atoms with Crippen LogP contribution in [-0.2, 0) is 9.53 Å². The van der Waals surface area contributed by atoms with E-state index in [1.54, 1.807) is 0 Å². The van der Waals surface area contributed by atoms with E-state index in [1.807, 2.05) is 19.2 Å². The van der Waals surface area contributed by atoms with Gasteiger partial charge >= 0.3 is 5.97 Å². The maximum absolute atomic E-state index is 12.6. The Bertz CT molecular complexity index is 1490. The lowest BCUT2D eigenvalue weighted by Gasteiger charge is -2.28. The monoisotopic (exact) mass is 505 g/mol. The molecule has 2 N–H and O–H groups in total. The number of ether oxygens (including phenoxy) is 1. The van der Waals surface area contributed by atoms with Crippen LogP contribution in [0.1, 0.15) is 49.1 Å². The predicted octanol–water partition coefficient (Wildman–Crippen LogP) is 4.15. The van der Waals surface area contributed by atoms with Gasteiger partial charge in [0.05, 0.1) is 23.9 Å². The Labute approximate surface area is 224 Å². The Morgan fingerprint density at radius 1 is 1.11 bits per heavy atom. The summed E-state index contributed by atoms with van der Waals surface area (Å²) >= 11 is 0. The van der Waals surface area contributed by atoms with Crippen LogP contribution in [0.25, 0.3) is 23.4 Å². The van der Waals surface area contributed by atoms with Gasteiger partial charge in [0.1, 0.15) is 0 Å². The average Bonchev–Trinajstić information content (AvgIpc) is 3.14. The molecule has 1 saturated heterocycles. The molecule has 0 radical (unpaired) electrons. The molecule has 194 valence electrons. The first-order valence-corrected chi connectivity index (χ1v) is 13.8. The van der Waals surface area contributed by atoms with Crippen LogP contribution in [0.4, 0.5) is 0 Å². The summed E-state index contributed by atoms with van der Waals surface area (Å²) in [6.45, 7) is 4.50. The molecule has 3 heterocycles. The number of rotatable bonds is 6. The molecule has 1 atom stereocenters. The lowest BCUT2D eigenvalue weighted by Crippen LogP contribution is -2.45. The van der Waals surface area contributed by atoms with Crippen LogP contribution in [0.5, 0.6) is 0 Å². The SMILES string of the molecule is Cc1cccc(C2=C(c3ccc4c(c3)=CC(C3=CCC(C(=O)OCC5CNC5)CC3)=CCC=4)CC=CN2)n1. The standard InChI is InChI=1S/C33H35N3O2/c1-22-5-2-9-31(36-22)32-30(8-4-16-35-32)28-15-12-24-6-3-7-27(17-29(24)18-28)25-10-13-26(14-11-25)33(37)38-21-23-19-34-20-23/h2,4-7,9-10,12,15-18,23,26,34-35H,3,8,11,13-14,19-21H2,1H3. The van der Waals surface area contributed by atoms with E-state index in [0.717, 1.165) is 62.3 Å². The van der Waals surface area contributed by atoms with Crippen molar-refractivity contribution in [1.82, 2.24) is 15.6 Å². The third kappa shape index (κ3) is 5.30. The molecule has 1 aromatic heterocycles. The van der Waals surface area contributed by atoms with Crippen LogP contribution < -0.4 is 21.1 Å². The van der Waals surface area contributed by atoms with Gasteiger partial charge in [-0.3, -0.25) is 9.78 Å². The lowest BCUT2D eigenvalue weighted by atomic mass is 9.86. The number of hydrogen-bond donors (Lipinski definition) is 2. The van der Waals surface area contributed by atoms with Crippen LogP contribution in [-0.4, -0.2) is 30.6 Å². The van der Waals surface area contributed by atoms with E-state index >= 15 is 0 Å². The first kappa shape index (κ1) is 24.6. The summed E-state index contributed by atoms with van der Waals surface area (Å²) in [6, 6.07) is 13.0. The van der Waals surface area contributed by atoms with Crippen LogP contribution >= 0.6 is 0 Å². The zero-order chi connectivity index (χ0) is 25.9. The number of nitrogens with one attached hydrogen (secondary N) is 2. The van der Waals surface area contributed by atoms with Gasteiger partial charge < -0.3 is 15.4 Å². The molecule has 2 aliphatic heterocycles. The summed E-state index contributed by atoms with van der Waals surface area (Å²) in [4.78, 5) is 17.3. The van der Waals surface area contributed by atoms with E-state index in [-0.39, 0.29) is 11.9 Å². The normalized spacial score (nSPS) is 21.0. The van der Waals surface area contributed by atoms with E-state index < -0.39 is 0 Å². The molecule has 4 aliphatic rings. The Morgan fingerprint density at radius 2 is 2.03 bits per heavy atom. The second kappa shape index (κ2) is 11.0. The predicted molar refractivity (Wildman–Crippen MR) is 153 cm³/mol. The number of carbonyl (C=O) groups excluding carboxylic acids is 1. The molecular formula is C33H35N3O2. The molecule has 2 aliphatic carbocycles. The van der Waals surface area contributed by atoms with Gasteiger partial charge in [-0.1, -0.05) is 42.5 Å². The zero-order valence-corrected chi connectivity index (χ0v) is 22.0. The molecule has 1 fully saturated rings. The number of aromatic nitrogens is 1. The number of allylic oxidation sites excluding steroid dienone is 6. The molecule has 0 bridgehead atoms. The van der Waals surface area contributed by atoms with Crippen LogP contribution in [0, 0.1) is 18.8 Å². The van der Waals surface area contributed by atoms with Crippen molar-refractivity contribution < 1.29 is 9.53 Å². The Kier molecular flexibility index (Phi) is 7.10. The van der Waals surface area contributed by atoms with E-state index in [2.05, 4.69) is 71.3 Å².